The van der Waals surface area contributed by atoms with E-state index in [9.17, 15) is 9.59 Å². The number of nitrogens with one attached hydrogen (secondary N) is 1. The van der Waals surface area contributed by atoms with Crippen molar-refractivity contribution >= 4 is 11.9 Å². The van der Waals surface area contributed by atoms with Crippen LogP contribution in [0.15, 0.2) is 48.5 Å². The molecule has 3 amide bonds. The molecular formula is C19H23N3O4. The fourth-order valence-corrected chi connectivity index (χ4v) is 2.79. The van der Waals surface area contributed by atoms with Crippen LogP contribution in [0.4, 0.5) is 4.79 Å². The van der Waals surface area contributed by atoms with E-state index in [1.807, 2.05) is 53.4 Å². The summed E-state index contributed by atoms with van der Waals surface area (Å²) in [4.78, 5) is 25.5. The molecule has 0 saturated carbocycles. The second-order valence-electron chi connectivity index (χ2n) is 5.77. The molecule has 7 heteroatoms. The number of imide groups is 1. The lowest BCUT2D eigenvalue weighted by Crippen LogP contribution is -2.43. The van der Waals surface area contributed by atoms with Gasteiger partial charge in [-0.25, -0.2) is 4.79 Å². The molecule has 0 unspecified atom stereocenters. The Morgan fingerprint density at radius 2 is 1.73 bits per heavy atom. The molecule has 0 aromatic heterocycles. The number of benzene rings is 2. The molecule has 0 aliphatic rings. The second kappa shape index (κ2) is 8.87. The van der Waals surface area contributed by atoms with Crippen molar-refractivity contribution in [1.29, 1.82) is 0 Å². The number of methoxy groups -OCH3 is 2. The van der Waals surface area contributed by atoms with Crippen molar-refractivity contribution in [2.24, 2.45) is 5.73 Å². The number of hydrogen-bond donors (Lipinski definition) is 2. The maximum absolute atomic E-state index is 12.5. The third kappa shape index (κ3) is 4.73. The number of nitrogens with two attached hydrogens (primary N) is 1. The van der Waals surface area contributed by atoms with Gasteiger partial charge in [0.15, 0.2) is 11.5 Å². The zero-order valence-electron chi connectivity index (χ0n) is 15.1. The van der Waals surface area contributed by atoms with E-state index < -0.39 is 18.0 Å². The molecule has 0 fully saturated rings. The van der Waals surface area contributed by atoms with Crippen LogP contribution in [-0.4, -0.2) is 38.1 Å². The van der Waals surface area contributed by atoms with E-state index in [1.165, 1.54) is 0 Å². The van der Waals surface area contributed by atoms with Crippen LogP contribution < -0.4 is 20.5 Å². The van der Waals surface area contributed by atoms with Gasteiger partial charge in [0.25, 0.3) is 0 Å². The van der Waals surface area contributed by atoms with Crippen LogP contribution in [0, 0.1) is 0 Å². The smallest absolute Gasteiger partial charge is 0.318 e. The van der Waals surface area contributed by atoms with Gasteiger partial charge in [0, 0.05) is 6.54 Å². The summed E-state index contributed by atoms with van der Waals surface area (Å²) in [6, 6.07) is 13.2. The van der Waals surface area contributed by atoms with Crippen LogP contribution in [-0.2, 0) is 11.3 Å². The van der Waals surface area contributed by atoms with Crippen LogP contribution in [0.25, 0.3) is 0 Å². The number of primary amides is 1. The van der Waals surface area contributed by atoms with E-state index in [0.29, 0.717) is 18.0 Å². The van der Waals surface area contributed by atoms with Crippen LogP contribution in [0.2, 0.25) is 0 Å². The fourth-order valence-electron chi connectivity index (χ4n) is 2.79. The maximum Gasteiger partial charge on any atom is 0.318 e. The Morgan fingerprint density at radius 3 is 2.31 bits per heavy atom. The average molecular weight is 357 g/mol. The molecule has 0 heterocycles. The molecule has 0 saturated heterocycles. The number of carbonyl (C=O) groups is 2. The number of nitrogens with zero attached hydrogens (tertiary/aromatic N) is 1. The van der Waals surface area contributed by atoms with Crippen molar-refractivity contribution in [3.63, 3.8) is 0 Å². The van der Waals surface area contributed by atoms with Gasteiger partial charge in [-0.15, -0.1) is 0 Å². The number of hydrogen-bond acceptors (Lipinski definition) is 5. The predicted octanol–water partition coefficient (Wildman–Crippen LogP) is 2.07. The molecular weight excluding hydrogens is 334 g/mol. The van der Waals surface area contributed by atoms with Crippen molar-refractivity contribution in [1.82, 2.24) is 10.2 Å². The molecule has 0 radical (unpaired) electrons. The summed E-state index contributed by atoms with van der Waals surface area (Å²) in [6.07, 6.45) is 0. The lowest BCUT2D eigenvalue weighted by atomic mass is 10.0. The average Bonchev–Trinajstić information content (AvgIpc) is 2.62. The molecule has 0 bridgehead atoms. The van der Waals surface area contributed by atoms with Crippen molar-refractivity contribution in [2.45, 2.75) is 12.6 Å². The van der Waals surface area contributed by atoms with Crippen LogP contribution in [0.1, 0.15) is 17.2 Å². The monoisotopic (exact) mass is 357 g/mol. The number of urea groups is 1. The summed E-state index contributed by atoms with van der Waals surface area (Å²) < 4.78 is 10.6. The van der Waals surface area contributed by atoms with E-state index in [-0.39, 0.29) is 0 Å². The maximum atomic E-state index is 12.5. The number of ether oxygens (including phenoxy) is 2. The van der Waals surface area contributed by atoms with Gasteiger partial charge in [0.2, 0.25) is 5.91 Å². The zero-order valence-corrected chi connectivity index (χ0v) is 15.1. The Morgan fingerprint density at radius 1 is 1.08 bits per heavy atom. The Labute approximate surface area is 152 Å². The third-order valence-corrected chi connectivity index (χ3v) is 3.93. The predicted molar refractivity (Wildman–Crippen MR) is 97.9 cm³/mol. The topological polar surface area (TPSA) is 93.9 Å². The zero-order chi connectivity index (χ0) is 19.1. The Balaban J connectivity index is 2.27. The number of rotatable bonds is 7. The van der Waals surface area contributed by atoms with Crippen LogP contribution in [0.3, 0.4) is 0 Å². The lowest BCUT2D eigenvalue weighted by Gasteiger charge is -2.27. The highest BCUT2D eigenvalue weighted by Crippen LogP contribution is 2.29. The summed E-state index contributed by atoms with van der Waals surface area (Å²) in [7, 11) is 4.94. The molecule has 138 valence electrons. The van der Waals surface area contributed by atoms with Gasteiger partial charge in [0.05, 0.1) is 14.2 Å². The van der Waals surface area contributed by atoms with E-state index in [0.717, 1.165) is 11.1 Å². The van der Waals surface area contributed by atoms with Crippen molar-refractivity contribution in [3.05, 3.63) is 59.7 Å². The largest absolute Gasteiger partial charge is 0.493 e. The summed E-state index contributed by atoms with van der Waals surface area (Å²) in [5.41, 5.74) is 6.80. The minimum absolute atomic E-state index is 0.450. The molecule has 3 N–H and O–H groups in total. The van der Waals surface area contributed by atoms with Gasteiger partial charge in [0.1, 0.15) is 6.04 Å². The lowest BCUT2D eigenvalue weighted by molar-refractivity contribution is -0.125. The summed E-state index contributed by atoms with van der Waals surface area (Å²) in [6.45, 7) is 0.450. The van der Waals surface area contributed by atoms with Gasteiger partial charge in [-0.2, -0.15) is 0 Å². The molecule has 0 aliphatic heterocycles. The van der Waals surface area contributed by atoms with Gasteiger partial charge < -0.3 is 15.2 Å². The van der Waals surface area contributed by atoms with Crippen molar-refractivity contribution < 1.29 is 19.1 Å². The van der Waals surface area contributed by atoms with Gasteiger partial charge in [-0.1, -0.05) is 36.4 Å². The highest BCUT2D eigenvalue weighted by Gasteiger charge is 2.26. The van der Waals surface area contributed by atoms with E-state index in [4.69, 9.17) is 15.2 Å². The van der Waals surface area contributed by atoms with Gasteiger partial charge in [-0.3, -0.25) is 15.0 Å². The standard InChI is InChI=1S/C19H23N3O4/c1-22(12-13-9-10-15(25-2)16(11-13)26-3)17(18(23)21-19(20)24)14-7-5-4-6-8-14/h4-11,17H,12H2,1-3H3,(H3,20,21,23,24)/t17-/m1/s1. The summed E-state index contributed by atoms with van der Waals surface area (Å²) in [5.74, 6) is 0.757. The first-order valence-electron chi connectivity index (χ1n) is 8.02. The van der Waals surface area contributed by atoms with E-state index in [2.05, 4.69) is 5.32 Å². The van der Waals surface area contributed by atoms with Crippen LogP contribution >= 0.6 is 0 Å². The molecule has 2 aromatic carbocycles. The Kier molecular flexibility index (Phi) is 6.57. The minimum Gasteiger partial charge on any atom is -0.493 e. The molecule has 2 rings (SSSR count). The van der Waals surface area contributed by atoms with E-state index in [1.54, 1.807) is 21.3 Å². The highest BCUT2D eigenvalue weighted by atomic mass is 16.5. The molecule has 1 atom stereocenters. The summed E-state index contributed by atoms with van der Waals surface area (Å²) >= 11 is 0. The normalized spacial score (nSPS) is 11.7. The Hall–Kier alpha value is -3.06. The first-order chi connectivity index (χ1) is 12.5. The number of carbonyl (C=O) groups excluding carboxylic acids is 2. The molecule has 2 aromatic rings. The third-order valence-electron chi connectivity index (χ3n) is 3.93. The molecule has 7 nitrogen and oxygen atoms in total. The fraction of sp³-hybridized carbons (Fsp3) is 0.263. The van der Waals surface area contributed by atoms with Crippen LogP contribution in [0.5, 0.6) is 11.5 Å². The highest BCUT2D eigenvalue weighted by molar-refractivity contribution is 5.96. The van der Waals surface area contributed by atoms with Crippen molar-refractivity contribution in [2.75, 3.05) is 21.3 Å². The number of amides is 3. The molecule has 26 heavy (non-hydrogen) atoms. The minimum atomic E-state index is -0.879. The van der Waals surface area contributed by atoms with Gasteiger partial charge in [-0.05, 0) is 30.3 Å². The summed E-state index contributed by atoms with van der Waals surface area (Å²) in [5, 5.41) is 2.16. The first kappa shape index (κ1) is 19.3. The Bertz CT molecular complexity index is 765. The SMILES string of the molecule is COc1ccc(CN(C)[C@@H](C(=O)NC(N)=O)c2ccccc2)cc1OC. The van der Waals surface area contributed by atoms with Crippen molar-refractivity contribution in [3.8, 4) is 11.5 Å². The van der Waals surface area contributed by atoms with Gasteiger partial charge >= 0.3 is 6.03 Å². The molecule has 0 aliphatic carbocycles. The quantitative estimate of drug-likeness (QED) is 0.791. The molecule has 0 spiro atoms. The second-order valence-corrected chi connectivity index (χ2v) is 5.77. The van der Waals surface area contributed by atoms with E-state index >= 15 is 0 Å². The number of likely N-dealkylation sites (N-methyl/N-ethyl adjacent to an activating group) is 1. The first-order valence-corrected chi connectivity index (χ1v) is 8.02.